The van der Waals surface area contributed by atoms with Gasteiger partial charge in [0.2, 0.25) is 0 Å². The number of hydrogen-bond donors (Lipinski definition) is 4. The summed E-state index contributed by atoms with van der Waals surface area (Å²) in [6.07, 6.45) is 4.23. The number of H-pyrrole nitrogens is 1. The van der Waals surface area contributed by atoms with Crippen LogP contribution in [0.25, 0.3) is 11.6 Å². The van der Waals surface area contributed by atoms with Gasteiger partial charge in [-0.15, -0.1) is 0 Å². The third-order valence-electron chi connectivity index (χ3n) is 7.62. The van der Waals surface area contributed by atoms with E-state index in [0.717, 1.165) is 42.0 Å². The van der Waals surface area contributed by atoms with Gasteiger partial charge >= 0.3 is 0 Å². The maximum Gasteiger partial charge on any atom is 0.256 e. The van der Waals surface area contributed by atoms with Crippen LogP contribution >= 0.6 is 0 Å². The van der Waals surface area contributed by atoms with Crippen LogP contribution in [0.2, 0.25) is 0 Å². The molecule has 1 fully saturated rings. The molecule has 3 aromatic rings. The molecule has 8 heteroatoms. The molecule has 202 valence electrons. The summed E-state index contributed by atoms with van der Waals surface area (Å²) < 4.78 is 0. The predicted molar refractivity (Wildman–Crippen MR) is 154 cm³/mol. The molecule has 0 radical (unpaired) electrons. The van der Waals surface area contributed by atoms with E-state index in [1.165, 1.54) is 12.8 Å². The molecule has 4 N–H and O–H groups in total. The summed E-state index contributed by atoms with van der Waals surface area (Å²) in [5.74, 6) is -0.567. The first kappa shape index (κ1) is 26.4. The van der Waals surface area contributed by atoms with E-state index < -0.39 is 0 Å². The minimum Gasteiger partial charge on any atom is -0.358 e. The molecule has 2 aliphatic rings. The molecule has 3 heterocycles. The van der Waals surface area contributed by atoms with E-state index in [4.69, 9.17) is 0 Å². The monoisotopic (exact) mass is 525 g/mol. The van der Waals surface area contributed by atoms with Crippen molar-refractivity contribution in [1.82, 2.24) is 20.5 Å². The number of rotatable bonds is 8. The zero-order valence-corrected chi connectivity index (χ0v) is 22.7. The number of aryl methyl sites for hydroxylation is 1. The average molecular weight is 526 g/mol. The lowest BCUT2D eigenvalue weighted by Crippen LogP contribution is -2.33. The second-order valence-corrected chi connectivity index (χ2v) is 10.3. The first-order valence-electron chi connectivity index (χ1n) is 13.5. The van der Waals surface area contributed by atoms with Crippen LogP contribution in [0.15, 0.2) is 48.5 Å². The van der Waals surface area contributed by atoms with Crippen molar-refractivity contribution in [2.24, 2.45) is 0 Å². The van der Waals surface area contributed by atoms with E-state index in [2.05, 4.69) is 25.8 Å². The maximum absolute atomic E-state index is 13.0. The molecule has 1 saturated heterocycles. The molecule has 0 aliphatic carbocycles. The van der Waals surface area contributed by atoms with E-state index in [1.807, 2.05) is 51.1 Å². The number of benzene rings is 2. The molecule has 1 aromatic heterocycles. The number of amides is 3. The normalized spacial score (nSPS) is 16.7. The fourth-order valence-corrected chi connectivity index (χ4v) is 5.41. The zero-order chi connectivity index (χ0) is 27.5. The number of fused-ring (bicyclic) bond motifs is 1. The van der Waals surface area contributed by atoms with Crippen LogP contribution < -0.4 is 16.0 Å². The van der Waals surface area contributed by atoms with Gasteiger partial charge < -0.3 is 25.8 Å². The molecule has 1 atom stereocenters. The van der Waals surface area contributed by atoms with Crippen molar-refractivity contribution in [3.63, 3.8) is 0 Å². The van der Waals surface area contributed by atoms with Gasteiger partial charge in [0.05, 0.1) is 17.2 Å². The first-order valence-corrected chi connectivity index (χ1v) is 13.5. The smallest absolute Gasteiger partial charge is 0.256 e. The first-order chi connectivity index (χ1) is 18.8. The van der Waals surface area contributed by atoms with Gasteiger partial charge in [-0.2, -0.15) is 0 Å². The van der Waals surface area contributed by atoms with Crippen molar-refractivity contribution >= 4 is 35.1 Å². The summed E-state index contributed by atoms with van der Waals surface area (Å²) in [7, 11) is 0. The fourth-order valence-electron chi connectivity index (χ4n) is 5.41. The average Bonchev–Trinajstić information content (AvgIpc) is 3.62. The van der Waals surface area contributed by atoms with Crippen LogP contribution in [0.5, 0.6) is 0 Å². The van der Waals surface area contributed by atoms with Gasteiger partial charge in [0, 0.05) is 41.3 Å². The van der Waals surface area contributed by atoms with E-state index in [1.54, 1.807) is 24.3 Å². The number of nitrogens with one attached hydrogen (secondary N) is 4. The molecule has 5 rings (SSSR count). The largest absolute Gasteiger partial charge is 0.358 e. The van der Waals surface area contributed by atoms with Crippen LogP contribution in [0.1, 0.15) is 74.6 Å². The highest BCUT2D eigenvalue weighted by Crippen LogP contribution is 2.35. The Hall–Kier alpha value is -4.17. The SMILES string of the molecule is Cc1[nH]c(/C=C2\C(=O)Nc3cc(C(=O)N[C@@H](C)c4ccccc4)ccc32)c(C)c1C(=O)NCCN1CCCC1. The standard InChI is InChI=1S/C31H35N5O3/c1-19-26(33-21(3)28(19)31(39)32-13-16-36-14-7-8-15-36)18-25-24-12-11-23(17-27(24)35-30(25)38)29(37)34-20(2)22-9-5-4-6-10-22/h4-6,9-12,17-18,20,33H,7-8,13-16H2,1-3H3,(H,32,39)(H,34,37)(H,35,38)/b25-18-/t20-/m0/s1. The summed E-state index contributed by atoms with van der Waals surface area (Å²) in [6, 6.07) is 14.8. The van der Waals surface area contributed by atoms with Crippen molar-refractivity contribution in [3.8, 4) is 0 Å². The van der Waals surface area contributed by atoms with Crippen molar-refractivity contribution in [2.45, 2.75) is 39.7 Å². The molecule has 0 bridgehead atoms. The number of anilines is 1. The Bertz CT molecular complexity index is 1430. The van der Waals surface area contributed by atoms with Crippen molar-refractivity contribution < 1.29 is 14.4 Å². The van der Waals surface area contributed by atoms with Crippen LogP contribution in [0.3, 0.4) is 0 Å². The second-order valence-electron chi connectivity index (χ2n) is 10.3. The molecular weight excluding hydrogens is 490 g/mol. The van der Waals surface area contributed by atoms with Gasteiger partial charge in [0.15, 0.2) is 0 Å². The fraction of sp³-hybridized carbons (Fsp3) is 0.323. The van der Waals surface area contributed by atoms with Gasteiger partial charge in [-0.25, -0.2) is 0 Å². The summed E-state index contributed by atoms with van der Waals surface area (Å²) in [4.78, 5) is 44.4. The number of hydrogen-bond acceptors (Lipinski definition) is 4. The van der Waals surface area contributed by atoms with Crippen LogP contribution in [0, 0.1) is 13.8 Å². The van der Waals surface area contributed by atoms with Gasteiger partial charge in [0.1, 0.15) is 0 Å². The quantitative estimate of drug-likeness (QED) is 0.326. The molecular formula is C31H35N5O3. The van der Waals surface area contributed by atoms with Crippen LogP contribution in [-0.2, 0) is 4.79 Å². The summed E-state index contributed by atoms with van der Waals surface area (Å²) in [5.41, 5.74) is 6.17. The topological polar surface area (TPSA) is 106 Å². The minimum atomic E-state index is -0.247. The Morgan fingerprint density at radius 2 is 1.79 bits per heavy atom. The highest BCUT2D eigenvalue weighted by Gasteiger charge is 2.27. The zero-order valence-electron chi connectivity index (χ0n) is 22.7. The number of aromatic nitrogens is 1. The Morgan fingerprint density at radius 1 is 1.05 bits per heavy atom. The van der Waals surface area contributed by atoms with E-state index in [9.17, 15) is 14.4 Å². The van der Waals surface area contributed by atoms with E-state index in [0.29, 0.717) is 34.6 Å². The molecule has 0 saturated carbocycles. The Balaban J connectivity index is 1.30. The molecule has 0 spiro atoms. The van der Waals surface area contributed by atoms with Gasteiger partial charge in [-0.05, 0) is 76.0 Å². The minimum absolute atomic E-state index is 0.109. The summed E-state index contributed by atoms with van der Waals surface area (Å²) in [6.45, 7) is 9.35. The van der Waals surface area contributed by atoms with Crippen molar-refractivity contribution in [1.29, 1.82) is 0 Å². The third-order valence-corrected chi connectivity index (χ3v) is 7.62. The van der Waals surface area contributed by atoms with Gasteiger partial charge in [-0.1, -0.05) is 36.4 Å². The number of carbonyl (C=O) groups is 3. The van der Waals surface area contributed by atoms with Gasteiger partial charge in [0.25, 0.3) is 17.7 Å². The third kappa shape index (κ3) is 5.66. The maximum atomic E-state index is 13.0. The Kier molecular flexibility index (Phi) is 7.65. The van der Waals surface area contributed by atoms with Crippen molar-refractivity contribution in [2.75, 3.05) is 31.5 Å². The molecule has 2 aromatic carbocycles. The summed E-state index contributed by atoms with van der Waals surface area (Å²) in [5, 5.41) is 8.93. The number of likely N-dealkylation sites (tertiary alicyclic amines) is 1. The lowest BCUT2D eigenvalue weighted by atomic mass is 10.0. The highest BCUT2D eigenvalue weighted by atomic mass is 16.2. The highest BCUT2D eigenvalue weighted by molar-refractivity contribution is 6.35. The number of carbonyl (C=O) groups excluding carboxylic acids is 3. The second kappa shape index (κ2) is 11.3. The van der Waals surface area contributed by atoms with E-state index >= 15 is 0 Å². The molecule has 2 aliphatic heterocycles. The number of aromatic amines is 1. The van der Waals surface area contributed by atoms with Crippen LogP contribution in [-0.4, -0.2) is 53.8 Å². The molecule has 8 nitrogen and oxygen atoms in total. The molecule has 3 amide bonds. The van der Waals surface area contributed by atoms with Crippen molar-refractivity contribution in [3.05, 3.63) is 87.7 Å². The lowest BCUT2D eigenvalue weighted by molar-refractivity contribution is -0.110. The van der Waals surface area contributed by atoms with E-state index in [-0.39, 0.29) is 23.8 Å². The van der Waals surface area contributed by atoms with Gasteiger partial charge in [-0.3, -0.25) is 14.4 Å². The van der Waals surface area contributed by atoms with Crippen LogP contribution in [0.4, 0.5) is 5.69 Å². The molecule has 0 unspecified atom stereocenters. The molecule has 39 heavy (non-hydrogen) atoms. The Labute approximate surface area is 228 Å². The Morgan fingerprint density at radius 3 is 2.54 bits per heavy atom. The predicted octanol–water partition coefficient (Wildman–Crippen LogP) is 4.44. The lowest BCUT2D eigenvalue weighted by Gasteiger charge is -2.14. The summed E-state index contributed by atoms with van der Waals surface area (Å²) >= 11 is 0. The number of nitrogens with zero attached hydrogens (tertiary/aromatic N) is 1.